The van der Waals surface area contributed by atoms with Gasteiger partial charge in [0.05, 0.1) is 0 Å². The van der Waals surface area contributed by atoms with E-state index in [2.05, 4.69) is 22.2 Å². The zero-order valence-electron chi connectivity index (χ0n) is 12.7. The lowest BCUT2D eigenvalue weighted by Gasteiger charge is -2.33. The van der Waals surface area contributed by atoms with E-state index in [1.54, 1.807) is 0 Å². The Hall–Kier alpha value is -1.32. The molecule has 1 aromatic heterocycles. The highest BCUT2D eigenvalue weighted by Crippen LogP contribution is 2.35. The number of nitrogens with zero attached hydrogens (tertiary/aromatic N) is 3. The maximum Gasteiger partial charge on any atom is 0.224 e. The molecule has 0 saturated heterocycles. The third-order valence-electron chi connectivity index (χ3n) is 4.10. The van der Waals surface area contributed by atoms with Crippen molar-refractivity contribution in [2.75, 3.05) is 30.9 Å². The van der Waals surface area contributed by atoms with Crippen molar-refractivity contribution in [1.29, 1.82) is 0 Å². The van der Waals surface area contributed by atoms with Crippen LogP contribution in [0.1, 0.15) is 44.6 Å². The number of anilines is 2. The van der Waals surface area contributed by atoms with Gasteiger partial charge in [0.1, 0.15) is 5.82 Å². The van der Waals surface area contributed by atoms with Crippen LogP contribution >= 0.6 is 0 Å². The highest BCUT2D eigenvalue weighted by molar-refractivity contribution is 5.47. The smallest absolute Gasteiger partial charge is 0.224 e. The van der Waals surface area contributed by atoms with Gasteiger partial charge in [-0.05, 0) is 25.2 Å². The zero-order chi connectivity index (χ0) is 13.9. The molecule has 1 aliphatic rings. The minimum absolute atomic E-state index is 0.408. The molecule has 0 aliphatic heterocycles. The molecule has 1 fully saturated rings. The Morgan fingerprint density at radius 3 is 2.58 bits per heavy atom. The summed E-state index contributed by atoms with van der Waals surface area (Å²) in [6.45, 7) is 5.39. The van der Waals surface area contributed by atoms with Crippen LogP contribution in [0.4, 0.5) is 11.8 Å². The molecule has 0 spiro atoms. The normalized spacial score (nSPS) is 18.1. The van der Waals surface area contributed by atoms with E-state index in [0.29, 0.717) is 5.41 Å². The molecule has 1 aromatic rings. The summed E-state index contributed by atoms with van der Waals surface area (Å²) >= 11 is 0. The van der Waals surface area contributed by atoms with Crippen molar-refractivity contribution in [1.82, 2.24) is 9.97 Å². The van der Waals surface area contributed by atoms with Gasteiger partial charge in [0.2, 0.25) is 5.95 Å². The molecule has 0 amide bonds. The molecule has 4 nitrogen and oxygen atoms in total. The van der Waals surface area contributed by atoms with Crippen molar-refractivity contribution < 1.29 is 0 Å². The van der Waals surface area contributed by atoms with Crippen LogP contribution < -0.4 is 10.2 Å². The van der Waals surface area contributed by atoms with Crippen LogP contribution in [-0.2, 0) is 0 Å². The van der Waals surface area contributed by atoms with Crippen LogP contribution in [0, 0.1) is 12.3 Å². The summed E-state index contributed by atoms with van der Waals surface area (Å²) in [5.74, 6) is 1.74. The Bertz CT molecular complexity index is 422. The molecule has 1 aliphatic carbocycles. The third kappa shape index (κ3) is 3.58. The predicted octanol–water partition coefficient (Wildman–Crippen LogP) is 3.23. The second-order valence-corrected chi connectivity index (χ2v) is 6.32. The van der Waals surface area contributed by atoms with Crippen molar-refractivity contribution in [3.05, 3.63) is 11.8 Å². The lowest BCUT2D eigenvalue weighted by atomic mass is 9.76. The minimum Gasteiger partial charge on any atom is -0.362 e. The Balaban J connectivity index is 2.01. The fraction of sp³-hybridized carbons (Fsp3) is 0.733. The van der Waals surface area contributed by atoms with Crippen molar-refractivity contribution in [2.24, 2.45) is 5.41 Å². The summed E-state index contributed by atoms with van der Waals surface area (Å²) in [4.78, 5) is 11.0. The van der Waals surface area contributed by atoms with E-state index < -0.39 is 0 Å². The van der Waals surface area contributed by atoms with Gasteiger partial charge in [-0.15, -0.1) is 0 Å². The summed E-state index contributed by atoms with van der Waals surface area (Å²) in [6.07, 6.45) is 8.62. The van der Waals surface area contributed by atoms with Gasteiger partial charge >= 0.3 is 0 Å². The maximum atomic E-state index is 4.59. The largest absolute Gasteiger partial charge is 0.362 e. The monoisotopic (exact) mass is 262 g/mol. The lowest BCUT2D eigenvalue weighted by Crippen LogP contribution is -2.29. The van der Waals surface area contributed by atoms with Gasteiger partial charge in [-0.2, -0.15) is 4.98 Å². The summed E-state index contributed by atoms with van der Waals surface area (Å²) in [5, 5.41) is 3.43. The SMILES string of the molecule is Cc1cnc(NCC2(C)CCCCC2)nc1N(C)C. The van der Waals surface area contributed by atoms with Gasteiger partial charge in [0, 0.05) is 32.4 Å². The van der Waals surface area contributed by atoms with Crippen LogP contribution in [-0.4, -0.2) is 30.6 Å². The topological polar surface area (TPSA) is 41.1 Å². The van der Waals surface area contributed by atoms with E-state index >= 15 is 0 Å². The Morgan fingerprint density at radius 1 is 1.26 bits per heavy atom. The van der Waals surface area contributed by atoms with Crippen molar-refractivity contribution in [2.45, 2.75) is 46.0 Å². The molecule has 0 radical (unpaired) electrons. The Morgan fingerprint density at radius 2 is 1.95 bits per heavy atom. The summed E-state index contributed by atoms with van der Waals surface area (Å²) in [6, 6.07) is 0. The van der Waals surface area contributed by atoms with Gasteiger partial charge in [-0.25, -0.2) is 4.98 Å². The van der Waals surface area contributed by atoms with Gasteiger partial charge in [0.25, 0.3) is 0 Å². The van der Waals surface area contributed by atoms with E-state index in [4.69, 9.17) is 0 Å². The molecule has 106 valence electrons. The number of nitrogens with one attached hydrogen (secondary N) is 1. The predicted molar refractivity (Wildman–Crippen MR) is 80.8 cm³/mol. The van der Waals surface area contributed by atoms with Crippen LogP contribution in [0.15, 0.2) is 6.20 Å². The van der Waals surface area contributed by atoms with Crippen molar-refractivity contribution >= 4 is 11.8 Å². The van der Waals surface area contributed by atoms with Gasteiger partial charge in [-0.1, -0.05) is 26.2 Å². The van der Waals surface area contributed by atoms with E-state index in [9.17, 15) is 0 Å². The van der Waals surface area contributed by atoms with Crippen LogP contribution in [0.25, 0.3) is 0 Å². The van der Waals surface area contributed by atoms with Gasteiger partial charge in [0.15, 0.2) is 0 Å². The first kappa shape index (κ1) is 14.1. The minimum atomic E-state index is 0.408. The van der Waals surface area contributed by atoms with Crippen LogP contribution in [0.3, 0.4) is 0 Å². The van der Waals surface area contributed by atoms with Crippen LogP contribution in [0.5, 0.6) is 0 Å². The number of aromatic nitrogens is 2. The highest BCUT2D eigenvalue weighted by atomic mass is 15.2. The number of hydrogen-bond acceptors (Lipinski definition) is 4. The first-order chi connectivity index (χ1) is 9.00. The van der Waals surface area contributed by atoms with Gasteiger partial charge in [-0.3, -0.25) is 0 Å². The number of hydrogen-bond donors (Lipinski definition) is 1. The van der Waals surface area contributed by atoms with Gasteiger partial charge < -0.3 is 10.2 Å². The lowest BCUT2D eigenvalue weighted by molar-refractivity contribution is 0.233. The molecule has 0 bridgehead atoms. The molecule has 0 aromatic carbocycles. The fourth-order valence-electron chi connectivity index (χ4n) is 2.85. The van der Waals surface area contributed by atoms with E-state index in [1.807, 2.05) is 32.1 Å². The first-order valence-electron chi connectivity index (χ1n) is 7.25. The maximum absolute atomic E-state index is 4.59. The molecular formula is C15H26N4. The Kier molecular flexibility index (Phi) is 4.27. The molecule has 1 heterocycles. The standard InChI is InChI=1S/C15H26N4/c1-12-10-16-14(18-13(12)19(3)4)17-11-15(2)8-6-5-7-9-15/h10H,5-9,11H2,1-4H3,(H,16,17,18). The van der Waals surface area contributed by atoms with E-state index in [0.717, 1.165) is 23.9 Å². The molecule has 4 heteroatoms. The summed E-state index contributed by atoms with van der Waals surface area (Å²) < 4.78 is 0. The number of rotatable bonds is 4. The molecular weight excluding hydrogens is 236 g/mol. The second kappa shape index (κ2) is 5.76. The van der Waals surface area contributed by atoms with Crippen molar-refractivity contribution in [3.63, 3.8) is 0 Å². The third-order valence-corrected chi connectivity index (χ3v) is 4.10. The second-order valence-electron chi connectivity index (χ2n) is 6.32. The zero-order valence-corrected chi connectivity index (χ0v) is 12.7. The molecule has 19 heavy (non-hydrogen) atoms. The summed E-state index contributed by atoms with van der Waals surface area (Å²) in [7, 11) is 4.03. The highest BCUT2D eigenvalue weighted by Gasteiger charge is 2.26. The molecule has 0 atom stereocenters. The first-order valence-corrected chi connectivity index (χ1v) is 7.25. The van der Waals surface area contributed by atoms with Crippen LogP contribution in [0.2, 0.25) is 0 Å². The summed E-state index contributed by atoms with van der Waals surface area (Å²) in [5.41, 5.74) is 1.52. The quantitative estimate of drug-likeness (QED) is 0.904. The van der Waals surface area contributed by atoms with Crippen molar-refractivity contribution in [3.8, 4) is 0 Å². The van der Waals surface area contributed by atoms with E-state index in [-0.39, 0.29) is 0 Å². The fourth-order valence-corrected chi connectivity index (χ4v) is 2.85. The average Bonchev–Trinajstić information content (AvgIpc) is 2.38. The molecule has 0 unspecified atom stereocenters. The molecule has 2 rings (SSSR count). The van der Waals surface area contributed by atoms with E-state index in [1.165, 1.54) is 32.1 Å². The average molecular weight is 262 g/mol. The molecule has 1 N–H and O–H groups in total. The Labute approximate surface area is 116 Å². The molecule has 1 saturated carbocycles. The number of aryl methyl sites for hydroxylation is 1.